The number of hydrogen-bond donors (Lipinski definition) is 3. The lowest BCUT2D eigenvalue weighted by molar-refractivity contribution is -0.141. The van der Waals surface area contributed by atoms with Gasteiger partial charge in [-0.3, -0.25) is 19.1 Å². The zero-order valence-corrected chi connectivity index (χ0v) is 33.9. The van der Waals surface area contributed by atoms with Crippen molar-refractivity contribution in [2.75, 3.05) is 6.54 Å². The first-order valence-corrected chi connectivity index (χ1v) is 22.5. The Labute approximate surface area is 337 Å². The Bertz CT molecular complexity index is 2300. The smallest absolute Gasteiger partial charge is 0.408 e. The van der Waals surface area contributed by atoms with Gasteiger partial charge < -0.3 is 29.4 Å². The molecular weight excluding hydrogens is 765 g/mol. The Kier molecular flexibility index (Phi) is 9.91. The number of furan rings is 1. The van der Waals surface area contributed by atoms with Crippen LogP contribution in [0.15, 0.2) is 34.8 Å². The standard InChI is InChI=1S/C42H52N6O9S/c1-24-14-17-32-29(20-24)33-34(57-32)37(45-35(44-33)25-15-16-25)55-28-21-31-36(49)46-42(39(51)47-58(53,54)41(2)18-19-41)22-26(42)10-6-4-3-5-7-13-30(38(50)48(31)23-28)43-40(52)56-27-11-8-9-12-27/h6,10,14,17,20,25-28,30-31H,3-5,7-9,11-13,15-16,18-19,21-23H2,1-2H3,(H,43,52)(H,46,49)(H,47,51)/b10-6-. The van der Waals surface area contributed by atoms with Crippen LogP contribution in [0.25, 0.3) is 22.1 Å². The summed E-state index contributed by atoms with van der Waals surface area (Å²) in [5, 5.41) is 6.60. The summed E-state index contributed by atoms with van der Waals surface area (Å²) >= 11 is 0. The SMILES string of the molecule is Cc1ccc2oc3c(OC4CC5C(=O)NC6(C(=O)NS(=O)(=O)C7(C)CC7)CC6/C=C\CCCCCC(NC(=O)OC6CCCC6)C(=O)N5C4)nc(C4CC4)nc3c2c1. The number of ether oxygens (including phenoxy) is 2. The molecule has 5 atom stereocenters. The number of amides is 4. The Morgan fingerprint density at radius 3 is 2.53 bits per heavy atom. The van der Waals surface area contributed by atoms with Crippen LogP contribution < -0.4 is 20.1 Å². The number of nitrogens with one attached hydrogen (secondary N) is 3. The first-order valence-electron chi connectivity index (χ1n) is 21.0. The third-order valence-corrected chi connectivity index (χ3v) is 15.2. The summed E-state index contributed by atoms with van der Waals surface area (Å²) in [5.41, 5.74) is 1.16. The molecule has 4 aliphatic carbocycles. The number of nitrogens with zero attached hydrogens (tertiary/aromatic N) is 3. The largest absolute Gasteiger partial charge is 0.470 e. The van der Waals surface area contributed by atoms with Gasteiger partial charge in [0.15, 0.2) is 0 Å². The van der Waals surface area contributed by atoms with Crippen molar-refractivity contribution in [1.29, 1.82) is 0 Å². The number of carbonyl (C=O) groups is 4. The van der Waals surface area contributed by atoms with E-state index in [4.69, 9.17) is 23.9 Å². The van der Waals surface area contributed by atoms with Crippen LogP contribution in [0, 0.1) is 12.8 Å². The van der Waals surface area contributed by atoms with Crippen molar-refractivity contribution in [2.45, 2.75) is 151 Å². The first kappa shape index (κ1) is 38.8. The van der Waals surface area contributed by atoms with E-state index in [0.29, 0.717) is 54.6 Å². The van der Waals surface area contributed by atoms with Crippen LogP contribution in [0.4, 0.5) is 4.79 Å². The van der Waals surface area contributed by atoms with Crippen LogP contribution in [0.2, 0.25) is 0 Å². The van der Waals surface area contributed by atoms with E-state index in [2.05, 4.69) is 15.4 Å². The quantitative estimate of drug-likeness (QED) is 0.248. The maximum atomic E-state index is 14.7. The van der Waals surface area contributed by atoms with E-state index in [1.165, 1.54) is 4.90 Å². The van der Waals surface area contributed by atoms with E-state index < -0.39 is 68.2 Å². The fourth-order valence-corrected chi connectivity index (χ4v) is 10.1. The van der Waals surface area contributed by atoms with Crippen LogP contribution in [0.3, 0.4) is 0 Å². The molecule has 5 unspecified atom stereocenters. The molecule has 4 saturated carbocycles. The molecule has 15 nitrogen and oxygen atoms in total. The number of alkyl carbamates (subject to hydrolysis) is 1. The molecule has 9 rings (SSSR count). The molecule has 3 N–H and O–H groups in total. The van der Waals surface area contributed by atoms with Gasteiger partial charge in [0.05, 0.1) is 11.3 Å². The first-order chi connectivity index (χ1) is 27.8. The number of allylic oxidation sites excluding steroid dienone is 1. The Morgan fingerprint density at radius 1 is 1.00 bits per heavy atom. The topological polar surface area (TPSA) is 199 Å². The molecule has 1 aromatic carbocycles. The zero-order chi connectivity index (χ0) is 40.4. The second-order valence-electron chi connectivity index (χ2n) is 17.7. The fourth-order valence-electron chi connectivity index (χ4n) is 8.79. The van der Waals surface area contributed by atoms with Crippen LogP contribution in [-0.2, 0) is 29.1 Å². The van der Waals surface area contributed by atoms with Gasteiger partial charge in [-0.15, -0.1) is 0 Å². The summed E-state index contributed by atoms with van der Waals surface area (Å²) in [4.78, 5) is 67.6. The lowest BCUT2D eigenvalue weighted by Crippen LogP contribution is -2.58. The van der Waals surface area contributed by atoms with Crippen LogP contribution in [0.1, 0.15) is 121 Å². The van der Waals surface area contributed by atoms with Gasteiger partial charge in [0, 0.05) is 23.6 Å². The molecule has 16 heteroatoms. The second kappa shape index (κ2) is 14.8. The fraction of sp³-hybridized carbons (Fsp3) is 0.619. The van der Waals surface area contributed by atoms with Gasteiger partial charge in [0.25, 0.3) is 11.8 Å². The molecule has 0 spiro atoms. The molecule has 4 amide bonds. The molecule has 310 valence electrons. The Morgan fingerprint density at radius 2 is 1.78 bits per heavy atom. The van der Waals surface area contributed by atoms with Gasteiger partial charge in [-0.05, 0) is 103 Å². The number of aromatic nitrogens is 2. The highest BCUT2D eigenvalue weighted by atomic mass is 32.2. The summed E-state index contributed by atoms with van der Waals surface area (Å²) in [6.45, 7) is 3.57. The number of carbonyl (C=O) groups excluding carboxylic acids is 4. The van der Waals surface area contributed by atoms with E-state index in [1.54, 1.807) is 6.92 Å². The summed E-state index contributed by atoms with van der Waals surface area (Å²) < 4.78 is 46.3. The van der Waals surface area contributed by atoms with Crippen molar-refractivity contribution in [3.05, 3.63) is 41.7 Å². The normalized spacial score (nSPS) is 29.4. The van der Waals surface area contributed by atoms with E-state index in [0.717, 1.165) is 62.3 Å². The lowest BCUT2D eigenvalue weighted by Gasteiger charge is -2.30. The molecule has 0 radical (unpaired) electrons. The molecule has 0 bridgehead atoms. The minimum absolute atomic E-state index is 0.0222. The number of benzene rings is 1. The van der Waals surface area contributed by atoms with Crippen molar-refractivity contribution in [1.82, 2.24) is 30.2 Å². The van der Waals surface area contributed by atoms with Crippen molar-refractivity contribution >= 4 is 55.9 Å². The third-order valence-electron chi connectivity index (χ3n) is 13.0. The molecular formula is C42H52N6O9S. The average molecular weight is 817 g/mol. The van der Waals surface area contributed by atoms with Gasteiger partial charge in [-0.1, -0.05) is 36.6 Å². The maximum absolute atomic E-state index is 14.7. The molecule has 3 aromatic rings. The minimum atomic E-state index is -4.00. The van der Waals surface area contributed by atoms with Crippen LogP contribution >= 0.6 is 0 Å². The average Bonchev–Trinajstić information content (AvgIpc) is 4.14. The molecule has 1 saturated heterocycles. The number of aryl methyl sites for hydroxylation is 1. The number of fused-ring (bicyclic) bond motifs is 5. The summed E-state index contributed by atoms with van der Waals surface area (Å²) in [7, 11) is -4.00. The van der Waals surface area contributed by atoms with Crippen molar-refractivity contribution in [3.63, 3.8) is 0 Å². The van der Waals surface area contributed by atoms with Gasteiger partial charge >= 0.3 is 6.09 Å². The second-order valence-corrected chi connectivity index (χ2v) is 19.8. The highest BCUT2D eigenvalue weighted by Crippen LogP contribution is 2.48. The highest BCUT2D eigenvalue weighted by molar-refractivity contribution is 7.91. The summed E-state index contributed by atoms with van der Waals surface area (Å²) in [6, 6.07) is 3.75. The maximum Gasteiger partial charge on any atom is 0.408 e. The van der Waals surface area contributed by atoms with Crippen LogP contribution in [0.5, 0.6) is 5.88 Å². The van der Waals surface area contributed by atoms with Gasteiger partial charge in [-0.2, -0.15) is 4.98 Å². The summed E-state index contributed by atoms with van der Waals surface area (Å²) in [5.74, 6) is -1.25. The van der Waals surface area contributed by atoms with Crippen LogP contribution in [-0.4, -0.2) is 88.2 Å². The summed E-state index contributed by atoms with van der Waals surface area (Å²) in [6.07, 6.45) is 12.0. The monoisotopic (exact) mass is 816 g/mol. The Balaban J connectivity index is 1.04. The Hall–Kier alpha value is -4.73. The molecule has 2 aromatic heterocycles. The van der Waals surface area contributed by atoms with E-state index >= 15 is 0 Å². The minimum Gasteiger partial charge on any atom is -0.470 e. The molecule has 2 aliphatic heterocycles. The van der Waals surface area contributed by atoms with Crippen molar-refractivity contribution in [2.24, 2.45) is 5.92 Å². The molecule has 4 heterocycles. The van der Waals surface area contributed by atoms with Gasteiger partial charge in [0.2, 0.25) is 27.4 Å². The number of rotatable bonds is 8. The molecule has 58 heavy (non-hydrogen) atoms. The molecule has 6 aliphatic rings. The van der Waals surface area contributed by atoms with E-state index in [1.807, 2.05) is 37.3 Å². The van der Waals surface area contributed by atoms with Gasteiger partial charge in [0.1, 0.15) is 46.8 Å². The zero-order valence-electron chi connectivity index (χ0n) is 33.1. The molecule has 5 fully saturated rings. The lowest BCUT2D eigenvalue weighted by atomic mass is 10.0. The van der Waals surface area contributed by atoms with Crippen molar-refractivity contribution in [3.8, 4) is 5.88 Å². The number of hydrogen-bond acceptors (Lipinski definition) is 11. The number of sulfonamides is 1. The highest BCUT2D eigenvalue weighted by Gasteiger charge is 2.63. The third kappa shape index (κ3) is 7.52. The van der Waals surface area contributed by atoms with E-state index in [9.17, 15) is 27.6 Å². The predicted octanol–water partition coefficient (Wildman–Crippen LogP) is 5.34. The predicted molar refractivity (Wildman–Crippen MR) is 212 cm³/mol. The van der Waals surface area contributed by atoms with E-state index in [-0.39, 0.29) is 37.3 Å². The van der Waals surface area contributed by atoms with Crippen molar-refractivity contribution < 1.29 is 41.5 Å². The van der Waals surface area contributed by atoms with Gasteiger partial charge in [-0.25, -0.2) is 18.2 Å².